The quantitative estimate of drug-likeness (QED) is 0.582. The van der Waals surface area contributed by atoms with Gasteiger partial charge in [-0.1, -0.05) is 27.5 Å². The molecule has 0 spiro atoms. The summed E-state index contributed by atoms with van der Waals surface area (Å²) in [5, 5.41) is 0.420. The molecule has 0 atom stereocenters. The van der Waals surface area contributed by atoms with Crippen LogP contribution in [0.3, 0.4) is 0 Å². The van der Waals surface area contributed by atoms with Crippen LogP contribution in [0, 0.1) is 0 Å². The number of halogens is 4. The first-order valence-corrected chi connectivity index (χ1v) is 4.64. The number of alkyl halides is 3. The van der Waals surface area contributed by atoms with Crippen molar-refractivity contribution in [2.45, 2.75) is 11.8 Å². The normalized spacial score (nSPS) is 10.8. The highest BCUT2D eigenvalue weighted by Crippen LogP contribution is 2.28. The second kappa shape index (κ2) is 4.14. The van der Waals surface area contributed by atoms with Crippen molar-refractivity contribution >= 4 is 27.5 Å². The number of hydrogen-bond acceptors (Lipinski definition) is 1. The van der Waals surface area contributed by atoms with Crippen LogP contribution < -0.4 is 0 Å². The number of nitrogens with zero attached hydrogens (tertiary/aromatic N) is 1. The van der Waals surface area contributed by atoms with E-state index in [1.807, 2.05) is 0 Å². The Hall–Kier alpha value is -0.220. The van der Waals surface area contributed by atoms with E-state index in [0.29, 0.717) is 10.9 Å². The molecule has 1 aromatic rings. The van der Waals surface area contributed by atoms with Gasteiger partial charge in [-0.15, -0.1) is 0 Å². The summed E-state index contributed by atoms with van der Waals surface area (Å²) in [6.45, 7) is 0. The number of hydrogen-bond donors (Lipinski definition) is 0. The summed E-state index contributed by atoms with van der Waals surface area (Å²) >= 11 is 8.67. The van der Waals surface area contributed by atoms with Gasteiger partial charge in [0.05, 0.1) is 0 Å². The molecule has 0 fully saturated rings. The van der Waals surface area contributed by atoms with Crippen molar-refractivity contribution in [2.24, 2.45) is 0 Å². The molecule has 5 heteroatoms. The molecule has 12 heavy (non-hydrogen) atoms. The standard InChI is InChI=1S/C7H5BrClF2N/c8-3-5-4(7(10)11)1-2-12-6(5)9/h1-2,7H,3H2. The van der Waals surface area contributed by atoms with Crippen LogP contribution in [0.25, 0.3) is 0 Å². The van der Waals surface area contributed by atoms with E-state index in [1.54, 1.807) is 0 Å². The second-order valence-corrected chi connectivity index (χ2v) is 3.02. The van der Waals surface area contributed by atoms with Gasteiger partial charge in [0.2, 0.25) is 0 Å². The summed E-state index contributed by atoms with van der Waals surface area (Å²) in [4.78, 5) is 3.70. The number of rotatable bonds is 2. The van der Waals surface area contributed by atoms with Crippen LogP contribution in [-0.2, 0) is 5.33 Å². The van der Waals surface area contributed by atoms with Gasteiger partial charge in [-0.05, 0) is 6.07 Å². The average molecular weight is 256 g/mol. The topological polar surface area (TPSA) is 12.9 Å². The van der Waals surface area contributed by atoms with E-state index in [9.17, 15) is 8.78 Å². The summed E-state index contributed by atoms with van der Waals surface area (Å²) in [6.07, 6.45) is -1.23. The van der Waals surface area contributed by atoms with Gasteiger partial charge in [0, 0.05) is 22.7 Å². The molecular formula is C7H5BrClF2N. The molecule has 0 radical (unpaired) electrons. The minimum Gasteiger partial charge on any atom is -0.244 e. The van der Waals surface area contributed by atoms with E-state index >= 15 is 0 Å². The zero-order valence-corrected chi connectivity index (χ0v) is 8.24. The van der Waals surface area contributed by atoms with Gasteiger partial charge < -0.3 is 0 Å². The zero-order chi connectivity index (χ0) is 9.14. The second-order valence-electron chi connectivity index (χ2n) is 2.10. The van der Waals surface area contributed by atoms with Crippen LogP contribution >= 0.6 is 27.5 Å². The maximum atomic E-state index is 12.3. The molecule has 66 valence electrons. The summed E-state index contributed by atoms with van der Waals surface area (Å²) in [5.41, 5.74) is 0.293. The van der Waals surface area contributed by atoms with Gasteiger partial charge >= 0.3 is 0 Å². The summed E-state index contributed by atoms with van der Waals surface area (Å²) in [6, 6.07) is 1.27. The summed E-state index contributed by atoms with van der Waals surface area (Å²) in [5.74, 6) is 0. The fourth-order valence-corrected chi connectivity index (χ4v) is 1.80. The van der Waals surface area contributed by atoms with Crippen molar-refractivity contribution in [3.63, 3.8) is 0 Å². The number of aromatic nitrogens is 1. The van der Waals surface area contributed by atoms with Crippen LogP contribution in [0.5, 0.6) is 0 Å². The van der Waals surface area contributed by atoms with Crippen molar-refractivity contribution in [3.05, 3.63) is 28.5 Å². The molecular weight excluding hydrogens is 251 g/mol. The highest BCUT2D eigenvalue weighted by Gasteiger charge is 2.14. The molecule has 0 aliphatic carbocycles. The molecule has 0 N–H and O–H groups in total. The molecule has 0 bridgehead atoms. The first-order valence-electron chi connectivity index (χ1n) is 3.14. The maximum absolute atomic E-state index is 12.3. The predicted octanol–water partition coefficient (Wildman–Crippen LogP) is 3.57. The smallest absolute Gasteiger partial charge is 0.244 e. The predicted molar refractivity (Wildman–Crippen MR) is 46.8 cm³/mol. The van der Waals surface area contributed by atoms with Gasteiger partial charge in [0.1, 0.15) is 5.15 Å². The Morgan fingerprint density at radius 3 is 2.67 bits per heavy atom. The van der Waals surface area contributed by atoms with E-state index in [2.05, 4.69) is 20.9 Å². The maximum Gasteiger partial charge on any atom is 0.264 e. The lowest BCUT2D eigenvalue weighted by Gasteiger charge is -2.06. The Kier molecular flexibility index (Phi) is 3.40. The van der Waals surface area contributed by atoms with Crippen LogP contribution in [0.1, 0.15) is 17.6 Å². The molecule has 0 aliphatic rings. The lowest BCUT2D eigenvalue weighted by molar-refractivity contribution is 0.150. The Morgan fingerprint density at radius 2 is 2.25 bits per heavy atom. The fourth-order valence-electron chi connectivity index (χ4n) is 0.817. The molecule has 1 nitrogen and oxygen atoms in total. The Balaban J connectivity index is 3.18. The SMILES string of the molecule is FC(F)c1ccnc(Cl)c1CBr. The molecule has 0 aromatic carbocycles. The minimum absolute atomic E-state index is 0.0631. The first kappa shape index (κ1) is 9.86. The molecule has 1 heterocycles. The third kappa shape index (κ3) is 1.93. The van der Waals surface area contributed by atoms with Crippen molar-refractivity contribution in [1.29, 1.82) is 0 Å². The van der Waals surface area contributed by atoms with Gasteiger partial charge in [0.15, 0.2) is 0 Å². The van der Waals surface area contributed by atoms with E-state index in [0.717, 1.165) is 0 Å². The highest BCUT2D eigenvalue weighted by atomic mass is 79.9. The third-order valence-electron chi connectivity index (χ3n) is 1.41. The molecule has 1 aromatic heterocycles. The molecule has 0 unspecified atom stereocenters. The van der Waals surface area contributed by atoms with Crippen molar-refractivity contribution in [2.75, 3.05) is 0 Å². The van der Waals surface area contributed by atoms with Gasteiger partial charge in [0.25, 0.3) is 6.43 Å². The van der Waals surface area contributed by atoms with Crippen molar-refractivity contribution in [3.8, 4) is 0 Å². The minimum atomic E-state index is -2.50. The summed E-state index contributed by atoms with van der Waals surface area (Å²) < 4.78 is 24.6. The van der Waals surface area contributed by atoms with Crippen LogP contribution in [-0.4, -0.2) is 4.98 Å². The first-order chi connectivity index (χ1) is 5.66. The highest BCUT2D eigenvalue weighted by molar-refractivity contribution is 9.08. The van der Waals surface area contributed by atoms with Crippen LogP contribution in [0.15, 0.2) is 12.3 Å². The van der Waals surface area contributed by atoms with Crippen molar-refractivity contribution in [1.82, 2.24) is 4.98 Å². The molecule has 0 aliphatic heterocycles. The molecule has 0 amide bonds. The lowest BCUT2D eigenvalue weighted by atomic mass is 10.2. The van der Waals surface area contributed by atoms with Gasteiger partial charge in [-0.2, -0.15) is 0 Å². The van der Waals surface area contributed by atoms with E-state index in [-0.39, 0.29) is 10.7 Å². The summed E-state index contributed by atoms with van der Waals surface area (Å²) in [7, 11) is 0. The molecule has 1 rings (SSSR count). The van der Waals surface area contributed by atoms with Crippen LogP contribution in [0.2, 0.25) is 5.15 Å². The zero-order valence-electron chi connectivity index (χ0n) is 5.90. The monoisotopic (exact) mass is 255 g/mol. The Labute approximate surface area is 81.9 Å². The number of pyridine rings is 1. The molecule has 0 saturated carbocycles. The Bertz CT molecular complexity index is 280. The van der Waals surface area contributed by atoms with Gasteiger partial charge in [-0.25, -0.2) is 13.8 Å². The average Bonchev–Trinajstić information content (AvgIpc) is 2.03. The Morgan fingerprint density at radius 1 is 1.58 bits per heavy atom. The largest absolute Gasteiger partial charge is 0.264 e. The van der Waals surface area contributed by atoms with Crippen LogP contribution in [0.4, 0.5) is 8.78 Å². The molecule has 0 saturated heterocycles. The fraction of sp³-hybridized carbons (Fsp3) is 0.286. The van der Waals surface area contributed by atoms with E-state index in [1.165, 1.54) is 12.3 Å². The third-order valence-corrected chi connectivity index (χ3v) is 2.29. The van der Waals surface area contributed by atoms with Gasteiger partial charge in [-0.3, -0.25) is 0 Å². The van der Waals surface area contributed by atoms with E-state index < -0.39 is 6.43 Å². The lowest BCUT2D eigenvalue weighted by Crippen LogP contribution is -1.94. The van der Waals surface area contributed by atoms with Crippen molar-refractivity contribution < 1.29 is 8.78 Å². The van der Waals surface area contributed by atoms with E-state index in [4.69, 9.17) is 11.6 Å².